The van der Waals surface area contributed by atoms with Crippen LogP contribution < -0.4 is 10.9 Å². The highest BCUT2D eigenvalue weighted by atomic mass is 35.5. The minimum absolute atomic E-state index is 0.106. The first-order valence-electron chi connectivity index (χ1n) is 12.9. The molecule has 4 aromatic rings. The Morgan fingerprint density at radius 3 is 2.64 bits per heavy atom. The average molecular weight is 547 g/mol. The molecule has 2 aliphatic rings. The Morgan fingerprint density at radius 1 is 1.18 bits per heavy atom. The molecule has 8 nitrogen and oxygen atoms in total. The Bertz CT molecular complexity index is 1710. The molecule has 6 rings (SSSR count). The molecule has 1 aromatic carbocycles. The summed E-state index contributed by atoms with van der Waals surface area (Å²) in [5, 5.41) is 11.4. The first kappa shape index (κ1) is 25.4. The molecular formula is C29H28ClFN6O2. The summed E-state index contributed by atoms with van der Waals surface area (Å²) in [4.78, 5) is 32.1. The van der Waals surface area contributed by atoms with Gasteiger partial charge in [-0.2, -0.15) is 15.0 Å². The third kappa shape index (κ3) is 4.44. The zero-order valence-corrected chi connectivity index (χ0v) is 22.9. The average Bonchev–Trinajstić information content (AvgIpc) is 3.82. The molecule has 2 aliphatic carbocycles. The molecule has 2 saturated carbocycles. The Hall–Kier alpha value is -3.85. The van der Waals surface area contributed by atoms with Crippen molar-refractivity contribution in [3.8, 4) is 16.9 Å². The van der Waals surface area contributed by atoms with Crippen LogP contribution in [0.4, 0.5) is 10.1 Å². The second kappa shape index (κ2) is 9.12. The number of carbonyl (C=O) groups excluding carboxylic acids is 1. The highest BCUT2D eigenvalue weighted by Gasteiger charge is 2.45. The molecule has 1 amide bonds. The summed E-state index contributed by atoms with van der Waals surface area (Å²) >= 11 is 6.67. The van der Waals surface area contributed by atoms with Crippen molar-refractivity contribution in [2.75, 3.05) is 5.32 Å². The normalized spacial score (nSPS) is 19.1. The van der Waals surface area contributed by atoms with Crippen LogP contribution in [0.5, 0.6) is 0 Å². The van der Waals surface area contributed by atoms with E-state index in [9.17, 15) is 9.59 Å². The van der Waals surface area contributed by atoms with Gasteiger partial charge in [0.25, 0.3) is 5.56 Å². The molecule has 39 heavy (non-hydrogen) atoms. The van der Waals surface area contributed by atoms with Crippen LogP contribution in [0.1, 0.15) is 60.5 Å². The van der Waals surface area contributed by atoms with Crippen molar-refractivity contribution >= 4 is 23.2 Å². The first-order valence-corrected chi connectivity index (χ1v) is 13.3. The van der Waals surface area contributed by atoms with E-state index in [2.05, 4.69) is 20.5 Å². The van der Waals surface area contributed by atoms with Gasteiger partial charge >= 0.3 is 0 Å². The van der Waals surface area contributed by atoms with Gasteiger partial charge in [-0.05, 0) is 74.4 Å². The number of aromatic nitrogens is 5. The standard InChI is InChI=1S/C29H28ClFN6O2/c1-15-13-32-22(17-6-5-7-21(26(17)31)34-28(39)29(3)8-9-29)12-24(15)37-16(2)10-20(25(30)27(37)38)18-11-19(18)23-14-33-36(4)35-23/h5-7,10,12-14,18-19H,8-9,11H2,1-4H3,(H,34,39)/t18-,19-/m0/s1. The molecule has 200 valence electrons. The Labute approximate surface area is 229 Å². The van der Waals surface area contributed by atoms with E-state index in [0.717, 1.165) is 36.1 Å². The number of nitrogens with one attached hydrogen (secondary N) is 1. The van der Waals surface area contributed by atoms with Crippen LogP contribution in [0.3, 0.4) is 0 Å². The summed E-state index contributed by atoms with van der Waals surface area (Å²) in [6.45, 7) is 5.57. The van der Waals surface area contributed by atoms with Crippen LogP contribution in [-0.2, 0) is 11.8 Å². The lowest BCUT2D eigenvalue weighted by Crippen LogP contribution is -2.23. The smallest absolute Gasteiger partial charge is 0.274 e. The fraction of sp³-hybridized carbons (Fsp3) is 0.345. The van der Waals surface area contributed by atoms with Crippen molar-refractivity contribution in [3.63, 3.8) is 0 Å². The summed E-state index contributed by atoms with van der Waals surface area (Å²) in [6.07, 6.45) is 5.80. The van der Waals surface area contributed by atoms with Gasteiger partial charge in [-0.1, -0.05) is 24.6 Å². The topological polar surface area (TPSA) is 94.7 Å². The summed E-state index contributed by atoms with van der Waals surface area (Å²) in [6, 6.07) is 8.45. The third-order valence-corrected chi connectivity index (χ3v) is 8.32. The van der Waals surface area contributed by atoms with Gasteiger partial charge in [0.1, 0.15) is 5.02 Å². The molecule has 3 heterocycles. The molecule has 10 heteroatoms. The number of rotatable bonds is 6. The number of amides is 1. The molecule has 0 spiro atoms. The molecule has 0 unspecified atom stereocenters. The van der Waals surface area contributed by atoms with E-state index in [-0.39, 0.29) is 39.6 Å². The number of halogens is 2. The van der Waals surface area contributed by atoms with Crippen LogP contribution in [0.2, 0.25) is 5.02 Å². The predicted molar refractivity (Wildman–Crippen MR) is 147 cm³/mol. The lowest BCUT2D eigenvalue weighted by atomic mass is 10.1. The quantitative estimate of drug-likeness (QED) is 0.347. The first-order chi connectivity index (χ1) is 18.6. The van der Waals surface area contributed by atoms with E-state index in [1.165, 1.54) is 10.9 Å². The molecule has 3 aromatic heterocycles. The zero-order chi connectivity index (χ0) is 27.6. The number of nitrogens with zero attached hydrogens (tertiary/aromatic N) is 5. The van der Waals surface area contributed by atoms with Crippen LogP contribution in [-0.4, -0.2) is 30.5 Å². The van der Waals surface area contributed by atoms with Crippen molar-refractivity contribution in [1.29, 1.82) is 0 Å². The number of anilines is 1. The van der Waals surface area contributed by atoms with Crippen LogP contribution in [0.15, 0.2) is 47.5 Å². The third-order valence-electron chi connectivity index (χ3n) is 7.94. The zero-order valence-electron chi connectivity index (χ0n) is 22.1. The fourth-order valence-corrected chi connectivity index (χ4v) is 5.40. The Kier molecular flexibility index (Phi) is 5.95. The van der Waals surface area contributed by atoms with Crippen molar-refractivity contribution in [2.45, 2.75) is 51.9 Å². The van der Waals surface area contributed by atoms with Gasteiger partial charge in [0.15, 0.2) is 5.82 Å². The van der Waals surface area contributed by atoms with Crippen LogP contribution in [0.25, 0.3) is 16.9 Å². The second-order valence-corrected chi connectivity index (χ2v) is 11.3. The lowest BCUT2D eigenvalue weighted by molar-refractivity contribution is -0.120. The summed E-state index contributed by atoms with van der Waals surface area (Å²) in [5.74, 6) is -0.475. The van der Waals surface area contributed by atoms with E-state index < -0.39 is 11.2 Å². The van der Waals surface area contributed by atoms with Gasteiger partial charge in [-0.3, -0.25) is 19.1 Å². The molecular weight excluding hydrogens is 519 g/mol. The number of benzene rings is 1. The van der Waals surface area contributed by atoms with E-state index >= 15 is 4.39 Å². The highest BCUT2D eigenvalue weighted by Crippen LogP contribution is 2.55. The highest BCUT2D eigenvalue weighted by molar-refractivity contribution is 6.31. The molecule has 1 N–H and O–H groups in total. The van der Waals surface area contributed by atoms with Crippen molar-refractivity contribution in [1.82, 2.24) is 24.5 Å². The largest absolute Gasteiger partial charge is 0.323 e. The maximum Gasteiger partial charge on any atom is 0.274 e. The molecule has 0 saturated heterocycles. The Morgan fingerprint density at radius 2 is 1.95 bits per heavy atom. The maximum atomic E-state index is 15.6. The monoisotopic (exact) mass is 546 g/mol. The lowest BCUT2D eigenvalue weighted by Gasteiger charge is -2.17. The van der Waals surface area contributed by atoms with E-state index in [1.54, 1.807) is 42.2 Å². The minimum atomic E-state index is -0.571. The van der Waals surface area contributed by atoms with Crippen molar-refractivity contribution in [3.05, 3.63) is 86.4 Å². The number of hydrogen-bond acceptors (Lipinski definition) is 5. The van der Waals surface area contributed by atoms with Gasteiger partial charge in [0, 0.05) is 35.8 Å². The fourth-order valence-electron chi connectivity index (χ4n) is 5.12. The number of hydrogen-bond donors (Lipinski definition) is 1. The summed E-state index contributed by atoms with van der Waals surface area (Å²) in [5.41, 5.74) is 3.62. The number of aryl methyl sites for hydroxylation is 3. The van der Waals surface area contributed by atoms with Gasteiger partial charge in [-0.15, -0.1) is 0 Å². The second-order valence-electron chi connectivity index (χ2n) is 10.9. The minimum Gasteiger partial charge on any atom is -0.323 e. The maximum absolute atomic E-state index is 15.6. The Balaban J connectivity index is 1.35. The molecule has 0 radical (unpaired) electrons. The van der Waals surface area contributed by atoms with Crippen molar-refractivity contribution in [2.24, 2.45) is 12.5 Å². The van der Waals surface area contributed by atoms with Gasteiger partial charge in [0.05, 0.1) is 29.0 Å². The van der Waals surface area contributed by atoms with Crippen molar-refractivity contribution < 1.29 is 9.18 Å². The molecule has 2 fully saturated rings. The van der Waals surface area contributed by atoms with E-state index in [4.69, 9.17) is 11.6 Å². The van der Waals surface area contributed by atoms with E-state index in [0.29, 0.717) is 17.1 Å². The SMILES string of the molecule is Cc1cnc(-c2cccc(NC(=O)C3(C)CC3)c2F)cc1-n1c(C)cc([C@H]2C[C@@H]2c2cnn(C)n2)c(Cl)c1=O. The van der Waals surface area contributed by atoms with Gasteiger partial charge in [-0.25, -0.2) is 4.39 Å². The van der Waals surface area contributed by atoms with E-state index in [1.807, 2.05) is 26.8 Å². The van der Waals surface area contributed by atoms with Gasteiger partial charge in [0.2, 0.25) is 5.91 Å². The number of pyridine rings is 2. The molecule has 2 atom stereocenters. The van der Waals surface area contributed by atoms with Crippen LogP contribution in [0, 0.1) is 25.1 Å². The number of carbonyl (C=O) groups is 1. The summed E-state index contributed by atoms with van der Waals surface area (Å²) in [7, 11) is 1.77. The molecule has 0 bridgehead atoms. The molecule has 0 aliphatic heterocycles. The van der Waals surface area contributed by atoms with Gasteiger partial charge < -0.3 is 5.32 Å². The predicted octanol–water partition coefficient (Wildman–Crippen LogP) is 5.45. The van der Waals surface area contributed by atoms with Crippen LogP contribution >= 0.6 is 11.6 Å². The summed E-state index contributed by atoms with van der Waals surface area (Å²) < 4.78 is 17.1.